The number of amides is 6. The number of thioether (sulfide) groups is 2. The van der Waals surface area contributed by atoms with Crippen molar-refractivity contribution >= 4 is 116 Å². The molecule has 7 rings (SSSR count). The molecule has 0 spiro atoms. The molecule has 490 valence electrons. The normalized spacial score (nSPS) is 22.9. The van der Waals surface area contributed by atoms with Crippen LogP contribution in [0.3, 0.4) is 0 Å². The van der Waals surface area contributed by atoms with Crippen LogP contribution < -0.4 is 31.9 Å². The Morgan fingerprint density at radius 3 is 1.28 bits per heavy atom. The highest BCUT2D eigenvalue weighted by Crippen LogP contribution is 2.37. The Bertz CT molecular complexity index is 2980. The van der Waals surface area contributed by atoms with Crippen LogP contribution in [0.4, 0.5) is 0 Å². The van der Waals surface area contributed by atoms with Gasteiger partial charge in [0.2, 0.25) is 11.8 Å². The summed E-state index contributed by atoms with van der Waals surface area (Å²) in [5, 5.41) is 107. The van der Waals surface area contributed by atoms with Gasteiger partial charge in [-0.2, -0.15) is 23.5 Å². The number of hydrogen-bond acceptors (Lipinski definition) is 24. The van der Waals surface area contributed by atoms with E-state index in [9.17, 15) is 79.2 Å². The van der Waals surface area contributed by atoms with E-state index in [1.54, 1.807) is 24.3 Å². The van der Waals surface area contributed by atoms with Crippen molar-refractivity contribution in [1.29, 1.82) is 0 Å². The highest BCUT2D eigenvalue weighted by Gasteiger charge is 2.57. The second-order valence-electron chi connectivity index (χ2n) is 20.8. The molecular weight excluding hydrogens is 1290 g/mol. The van der Waals surface area contributed by atoms with Gasteiger partial charge in [0.15, 0.2) is 0 Å². The predicted molar refractivity (Wildman–Crippen MR) is 338 cm³/mol. The molecule has 5 aromatic rings. The van der Waals surface area contributed by atoms with Gasteiger partial charge in [-0.05, 0) is 95.8 Å². The Hall–Kier alpha value is -5.92. The van der Waals surface area contributed by atoms with E-state index in [1.165, 1.54) is 93.1 Å². The molecule has 2 fully saturated rings. The first-order chi connectivity index (χ1) is 43.0. The van der Waals surface area contributed by atoms with Gasteiger partial charge in [0.05, 0.1) is 59.5 Å². The molecule has 4 aromatic heterocycles. The third-order valence-electron chi connectivity index (χ3n) is 14.1. The number of rotatable bonds is 34. The molecule has 1 aromatic carbocycles. The Morgan fingerprint density at radius 2 is 0.933 bits per heavy atom. The number of benzene rings is 1. The van der Waals surface area contributed by atoms with Crippen molar-refractivity contribution in [2.75, 3.05) is 62.4 Å². The van der Waals surface area contributed by atoms with E-state index in [0.29, 0.717) is 56.7 Å². The SMILES string of the molecule is CC(=O)N[C@H]1[C@H]([C@H](O)[C@H](O)CNC(=O)c2ccc(-c3cccs3)s2)O[C@@](OCCCSCCNC(=O)c2ccc(C(=O)NCCSCCCO[C@]3(C(=O)O)C[C@H](O)[C@@H](NC(C)=O)[C@H]([C@H](O)[C@@H](O)CNC(=O)c4ccc(-c5cccs5)s4)O3)cc2)(C(=O)O)C[C@@H]1O. The van der Waals surface area contributed by atoms with Gasteiger partial charge in [0.1, 0.15) is 24.4 Å². The molecule has 2 saturated heterocycles. The number of nitrogens with one attached hydrogen (secondary N) is 6. The lowest BCUT2D eigenvalue weighted by Crippen LogP contribution is -2.68. The van der Waals surface area contributed by atoms with Gasteiger partial charge in [-0.25, -0.2) is 9.59 Å². The predicted octanol–water partition coefficient (Wildman–Crippen LogP) is 2.18. The zero-order valence-electron chi connectivity index (χ0n) is 48.7. The molecule has 14 N–H and O–H groups in total. The Morgan fingerprint density at radius 1 is 0.544 bits per heavy atom. The van der Waals surface area contributed by atoms with E-state index < -0.39 is 146 Å². The summed E-state index contributed by atoms with van der Waals surface area (Å²) < 4.78 is 23.1. The zero-order valence-corrected chi connectivity index (χ0v) is 53.6. The summed E-state index contributed by atoms with van der Waals surface area (Å²) in [5.74, 6) is -9.49. The molecule has 0 unspecified atom stereocenters. The number of carbonyl (C=O) groups is 8. The van der Waals surface area contributed by atoms with Gasteiger partial charge in [-0.1, -0.05) is 12.1 Å². The van der Waals surface area contributed by atoms with Gasteiger partial charge >= 0.3 is 11.9 Å². The molecule has 2 aliphatic heterocycles. The third kappa shape index (κ3) is 19.6. The first-order valence-electron chi connectivity index (χ1n) is 28.4. The van der Waals surface area contributed by atoms with Crippen LogP contribution in [0.1, 0.15) is 79.6 Å². The molecule has 90 heavy (non-hydrogen) atoms. The molecule has 0 radical (unpaired) electrons. The summed E-state index contributed by atoms with van der Waals surface area (Å²) >= 11 is 8.32. The Labute approximate surface area is 541 Å². The molecule has 0 bridgehead atoms. The minimum Gasteiger partial charge on any atom is -0.477 e. The van der Waals surface area contributed by atoms with Gasteiger partial charge in [-0.3, -0.25) is 28.8 Å². The van der Waals surface area contributed by atoms with Gasteiger partial charge in [0, 0.05) is 95.0 Å². The van der Waals surface area contributed by atoms with E-state index in [0.717, 1.165) is 33.4 Å². The molecular formula is C58H72N6O20S6. The number of hydrogen-bond donors (Lipinski definition) is 14. The lowest BCUT2D eigenvalue weighted by Gasteiger charge is -2.46. The van der Waals surface area contributed by atoms with Crippen LogP contribution in [0.15, 0.2) is 83.6 Å². The minimum absolute atomic E-state index is 0.178. The summed E-state index contributed by atoms with van der Waals surface area (Å²) in [5.41, 5.74) is 0.599. The molecule has 0 aliphatic carbocycles. The fourth-order valence-corrected chi connectivity index (χ4v) is 14.7. The maximum atomic E-state index is 12.9. The van der Waals surface area contributed by atoms with Gasteiger partial charge in [-0.15, -0.1) is 45.3 Å². The molecule has 32 heteroatoms. The second-order valence-corrected chi connectivity index (χ2v) is 27.3. The smallest absolute Gasteiger partial charge is 0.364 e. The second kappa shape index (κ2) is 34.1. The van der Waals surface area contributed by atoms with Crippen LogP contribution in [-0.2, 0) is 38.1 Å². The van der Waals surface area contributed by atoms with E-state index in [4.69, 9.17) is 18.9 Å². The number of aliphatic hydroxyl groups excluding tert-OH is 6. The first-order valence-corrected chi connectivity index (χ1v) is 34.1. The largest absolute Gasteiger partial charge is 0.477 e. The summed E-state index contributed by atoms with van der Waals surface area (Å²) in [6.07, 6.45) is -14.6. The number of aliphatic carboxylic acids is 2. The highest BCUT2D eigenvalue weighted by molar-refractivity contribution is 7.99. The quantitative estimate of drug-likeness (QED) is 0.0262. The van der Waals surface area contributed by atoms with Crippen molar-refractivity contribution in [3.05, 3.63) is 104 Å². The molecule has 26 nitrogen and oxygen atoms in total. The van der Waals surface area contributed by atoms with E-state index in [1.807, 2.05) is 35.0 Å². The summed E-state index contributed by atoms with van der Waals surface area (Å²) in [6.45, 7) is 1.48. The van der Waals surface area contributed by atoms with Crippen molar-refractivity contribution in [2.45, 2.75) is 112 Å². The van der Waals surface area contributed by atoms with Crippen LogP contribution >= 0.6 is 68.9 Å². The molecule has 6 heterocycles. The maximum Gasteiger partial charge on any atom is 0.364 e. The summed E-state index contributed by atoms with van der Waals surface area (Å²) in [4.78, 5) is 106. The number of aliphatic hydroxyl groups is 6. The molecule has 12 atom stereocenters. The fourth-order valence-electron chi connectivity index (χ4n) is 9.62. The first kappa shape index (κ1) is 71.5. The number of carboxylic acids is 2. The van der Waals surface area contributed by atoms with Crippen molar-refractivity contribution in [3.8, 4) is 19.5 Å². The zero-order chi connectivity index (χ0) is 65.1. The van der Waals surface area contributed by atoms with Crippen LogP contribution in [0, 0.1) is 0 Å². The molecule has 6 amide bonds. The van der Waals surface area contributed by atoms with Crippen LogP contribution in [0.25, 0.3) is 19.5 Å². The van der Waals surface area contributed by atoms with Crippen LogP contribution in [-0.4, -0.2) is 223 Å². The highest BCUT2D eigenvalue weighted by atomic mass is 32.2. The van der Waals surface area contributed by atoms with Crippen molar-refractivity contribution in [1.82, 2.24) is 31.9 Å². The van der Waals surface area contributed by atoms with E-state index in [-0.39, 0.29) is 26.3 Å². The van der Waals surface area contributed by atoms with Crippen molar-refractivity contribution in [2.24, 2.45) is 0 Å². The van der Waals surface area contributed by atoms with Crippen LogP contribution in [0.2, 0.25) is 0 Å². The van der Waals surface area contributed by atoms with E-state index in [2.05, 4.69) is 31.9 Å². The standard InChI is InChI=1S/C58H72N6O20S6/c1-31(65)63-45-35(67)27-57(55(77)78,83-49(45)47(71)37(69)29-61-53(75)43-15-13-41(89-43)39-7-3-23-87-39)81-19-5-21-85-25-17-59-51(73)33-9-11-34(12-10-33)52(74)60-18-26-86-22-6-20-82-58(56(79)80)28-36(68)46(64-32(2)66)50(84-58)48(72)38(70)30-62-54(76)44-16-14-42(90-44)40-8-4-24-88-40/h3-4,7-16,23-24,35-38,45-50,67-72H,5-6,17-22,25-30H2,1-2H3,(H,59,73)(H,60,74)(H,61,75)(H,62,76)(H,63,65)(H,64,66)(H,77,78)(H,79,80)/t35-,36-,37-,38+,45+,46+,47+,48+,49+,50+,57+,58+/m0/s1. The average Bonchev–Trinajstić information content (AvgIpc) is 0.997. The van der Waals surface area contributed by atoms with Crippen LogP contribution in [0.5, 0.6) is 0 Å². The monoisotopic (exact) mass is 1360 g/mol. The van der Waals surface area contributed by atoms with E-state index >= 15 is 0 Å². The summed E-state index contributed by atoms with van der Waals surface area (Å²) in [6, 6.07) is 17.7. The average molecular weight is 1370 g/mol. The number of ether oxygens (including phenoxy) is 4. The summed E-state index contributed by atoms with van der Waals surface area (Å²) in [7, 11) is 0. The fraction of sp³-hybridized carbons (Fsp3) is 0.483. The van der Waals surface area contributed by atoms with Gasteiger partial charge < -0.3 is 91.7 Å². The minimum atomic E-state index is -2.48. The number of carbonyl (C=O) groups excluding carboxylic acids is 6. The lowest BCUT2D eigenvalue weighted by molar-refractivity contribution is -0.310. The number of carboxylic acid groups (broad SMARTS) is 2. The van der Waals surface area contributed by atoms with Crippen molar-refractivity contribution in [3.63, 3.8) is 0 Å². The maximum absolute atomic E-state index is 12.9. The lowest BCUT2D eigenvalue weighted by atomic mass is 9.88. The third-order valence-corrected chi connectivity index (χ3v) is 20.6. The number of thiophene rings is 4. The Balaban J connectivity index is 0.770. The molecule has 2 aliphatic rings. The van der Waals surface area contributed by atoms with Crippen molar-refractivity contribution < 1.29 is 98.2 Å². The molecule has 0 saturated carbocycles. The topological polar surface area (TPSA) is 408 Å². The Kier molecular flexibility index (Phi) is 27.1. The van der Waals surface area contributed by atoms with Gasteiger partial charge in [0.25, 0.3) is 35.2 Å².